The minimum atomic E-state index is -1.06. The van der Waals surface area contributed by atoms with Gasteiger partial charge in [-0.05, 0) is 60.3 Å². The van der Waals surface area contributed by atoms with Gasteiger partial charge in [-0.2, -0.15) is 0 Å². The van der Waals surface area contributed by atoms with Crippen molar-refractivity contribution in [2.75, 3.05) is 7.11 Å². The van der Waals surface area contributed by atoms with Crippen LogP contribution in [0.4, 0.5) is 0 Å². The van der Waals surface area contributed by atoms with Crippen LogP contribution in [0.15, 0.2) is 125 Å². The summed E-state index contributed by atoms with van der Waals surface area (Å²) >= 11 is 0. The average molecular weight is 476 g/mol. The van der Waals surface area contributed by atoms with E-state index in [0.29, 0.717) is 5.57 Å². The van der Waals surface area contributed by atoms with Crippen LogP contribution in [0.2, 0.25) is 0 Å². The summed E-state index contributed by atoms with van der Waals surface area (Å²) in [5.41, 5.74) is 12.9. The van der Waals surface area contributed by atoms with Gasteiger partial charge in [-0.25, -0.2) is 0 Å². The van der Waals surface area contributed by atoms with E-state index in [1.165, 1.54) is 0 Å². The second-order valence-corrected chi connectivity index (χ2v) is 9.21. The highest BCUT2D eigenvalue weighted by Gasteiger charge is 2.49. The molecule has 5 rings (SSSR count). The molecule has 0 saturated carbocycles. The van der Waals surface area contributed by atoms with Crippen LogP contribution in [-0.4, -0.2) is 19.5 Å². The number of rotatable bonds is 4. The Hall–Kier alpha value is -4.11. The van der Waals surface area contributed by atoms with E-state index in [-0.39, 0.29) is 12.0 Å². The van der Waals surface area contributed by atoms with E-state index < -0.39 is 5.60 Å². The quantitative estimate of drug-likeness (QED) is 0.426. The average Bonchev–Trinajstić information content (AvgIpc) is 3.15. The smallest absolute Gasteiger partial charge is 0.150 e. The molecule has 0 spiro atoms. The number of fused-ring (bicyclic) bond motifs is 3. The fourth-order valence-electron chi connectivity index (χ4n) is 5.28. The lowest BCUT2D eigenvalue weighted by Gasteiger charge is -2.45. The molecule has 0 bridgehead atoms. The van der Waals surface area contributed by atoms with E-state index >= 15 is 0 Å². The van der Waals surface area contributed by atoms with Gasteiger partial charge < -0.3 is 15.2 Å². The van der Waals surface area contributed by atoms with Crippen molar-refractivity contribution in [2.45, 2.75) is 25.6 Å². The topological polar surface area (TPSA) is 61.5 Å². The molecule has 0 amide bonds. The summed E-state index contributed by atoms with van der Waals surface area (Å²) in [6, 6.07) is 12.3. The predicted octanol–water partition coefficient (Wildman–Crippen LogP) is 6.14. The number of hydrogen-bond donors (Lipinski definition) is 1. The molecule has 2 N–H and O–H groups in total. The first-order chi connectivity index (χ1) is 17.5. The maximum atomic E-state index is 12.3. The second-order valence-electron chi connectivity index (χ2n) is 9.21. The van der Waals surface area contributed by atoms with E-state index in [1.807, 2.05) is 49.4 Å². The zero-order valence-corrected chi connectivity index (χ0v) is 20.7. The standard InChI is InChI=1S/C32H29NO3/c1-21-13-16-26(33)19-24(21)15-17-28-22(2)36-31-27-11-8-7-9-23(27)14-18-30(31)32(28,35-3)29-12-6-4-5-10-25(29)20-34/h5-22H,33H2,1-3H3/b24-15-,28-17+. The highest BCUT2D eigenvalue weighted by Crippen LogP contribution is 2.53. The molecule has 1 aliphatic heterocycles. The number of carbonyl (C=O) groups is 1. The molecule has 0 fully saturated rings. The fourth-order valence-corrected chi connectivity index (χ4v) is 5.28. The van der Waals surface area contributed by atoms with Gasteiger partial charge >= 0.3 is 0 Å². The maximum Gasteiger partial charge on any atom is 0.150 e. The van der Waals surface area contributed by atoms with E-state index in [9.17, 15) is 4.79 Å². The summed E-state index contributed by atoms with van der Waals surface area (Å²) < 4.78 is 13.1. The lowest BCUT2D eigenvalue weighted by Crippen LogP contribution is -2.44. The number of nitrogens with two attached hydrogens (primary N) is 1. The van der Waals surface area contributed by atoms with Crippen LogP contribution < -0.4 is 10.5 Å². The molecule has 3 unspecified atom stereocenters. The number of carbonyl (C=O) groups excluding carboxylic acids is 1. The number of allylic oxidation sites excluding steroid dienone is 9. The number of benzene rings is 2. The summed E-state index contributed by atoms with van der Waals surface area (Å²) in [6.45, 7) is 4.15. The fraction of sp³-hybridized carbons (Fsp3) is 0.188. The van der Waals surface area contributed by atoms with Gasteiger partial charge in [0.25, 0.3) is 0 Å². The third-order valence-corrected chi connectivity index (χ3v) is 7.12. The zero-order chi connectivity index (χ0) is 25.3. The minimum Gasteiger partial charge on any atom is -0.485 e. The molecule has 0 radical (unpaired) electrons. The van der Waals surface area contributed by atoms with Crippen molar-refractivity contribution in [1.29, 1.82) is 0 Å². The third-order valence-electron chi connectivity index (χ3n) is 7.12. The largest absolute Gasteiger partial charge is 0.485 e. The molecular formula is C32H29NO3. The van der Waals surface area contributed by atoms with Gasteiger partial charge in [0.05, 0.1) is 0 Å². The van der Waals surface area contributed by atoms with E-state index in [2.05, 4.69) is 49.1 Å². The van der Waals surface area contributed by atoms with Crippen LogP contribution in [0.1, 0.15) is 19.4 Å². The molecule has 3 atom stereocenters. The molecular weight excluding hydrogens is 446 g/mol. The van der Waals surface area contributed by atoms with Crippen LogP contribution in [0, 0.1) is 5.92 Å². The SMILES string of the molecule is COC1(C2=CC=C=CC=C2C=O)/C(=C/C=C2/C=C(N)C=CC2C)C(C)Oc2c1ccc1ccccc21. The molecule has 36 heavy (non-hydrogen) atoms. The molecule has 180 valence electrons. The molecule has 4 nitrogen and oxygen atoms in total. The van der Waals surface area contributed by atoms with Crippen LogP contribution in [0.25, 0.3) is 10.8 Å². The van der Waals surface area contributed by atoms with E-state index in [1.54, 1.807) is 19.3 Å². The van der Waals surface area contributed by atoms with Gasteiger partial charge in [-0.3, -0.25) is 4.79 Å². The van der Waals surface area contributed by atoms with Gasteiger partial charge in [0.2, 0.25) is 0 Å². The van der Waals surface area contributed by atoms with Crippen LogP contribution >= 0.6 is 0 Å². The van der Waals surface area contributed by atoms with Crippen LogP contribution in [0.3, 0.4) is 0 Å². The Morgan fingerprint density at radius 1 is 1.08 bits per heavy atom. The highest BCUT2D eigenvalue weighted by atomic mass is 16.5. The number of hydrogen-bond acceptors (Lipinski definition) is 4. The Kier molecular flexibility index (Phi) is 6.24. The van der Waals surface area contributed by atoms with Gasteiger partial charge in [0.15, 0.2) is 0 Å². The summed E-state index contributed by atoms with van der Waals surface area (Å²) in [6.07, 6.45) is 17.9. The molecule has 4 heteroatoms. The Bertz CT molecular complexity index is 1490. The van der Waals surface area contributed by atoms with Crippen LogP contribution in [0.5, 0.6) is 5.75 Å². The van der Waals surface area contributed by atoms with Crippen molar-refractivity contribution < 1.29 is 14.3 Å². The first-order valence-electron chi connectivity index (χ1n) is 12.1. The van der Waals surface area contributed by atoms with Crippen molar-refractivity contribution in [3.8, 4) is 5.75 Å². The first-order valence-corrected chi connectivity index (χ1v) is 12.1. The summed E-state index contributed by atoms with van der Waals surface area (Å²) in [4.78, 5) is 12.3. The van der Waals surface area contributed by atoms with Crippen molar-refractivity contribution >= 4 is 17.1 Å². The lowest BCUT2D eigenvalue weighted by molar-refractivity contribution is -0.105. The normalized spacial score (nSPS) is 27.2. The van der Waals surface area contributed by atoms with Crippen molar-refractivity contribution in [1.82, 2.24) is 0 Å². The van der Waals surface area contributed by atoms with Gasteiger partial charge in [0.1, 0.15) is 23.7 Å². The van der Waals surface area contributed by atoms with Gasteiger partial charge in [-0.1, -0.05) is 61.5 Å². The van der Waals surface area contributed by atoms with Gasteiger partial charge in [0, 0.05) is 40.5 Å². The Balaban J connectivity index is 1.82. The summed E-state index contributed by atoms with van der Waals surface area (Å²) in [7, 11) is 1.69. The first kappa shape index (κ1) is 23.6. The van der Waals surface area contributed by atoms with Gasteiger partial charge in [-0.15, -0.1) is 5.73 Å². The Morgan fingerprint density at radius 3 is 2.69 bits per heavy atom. The maximum absolute atomic E-state index is 12.3. The predicted molar refractivity (Wildman–Crippen MR) is 144 cm³/mol. The van der Waals surface area contributed by atoms with Crippen molar-refractivity contribution in [3.05, 3.63) is 130 Å². The number of ether oxygens (including phenoxy) is 2. The molecule has 2 aliphatic carbocycles. The number of methoxy groups -OCH3 is 1. The van der Waals surface area contributed by atoms with Crippen molar-refractivity contribution in [2.24, 2.45) is 11.7 Å². The Labute approximate surface area is 211 Å². The Morgan fingerprint density at radius 2 is 1.89 bits per heavy atom. The van der Waals surface area contributed by atoms with Crippen molar-refractivity contribution in [3.63, 3.8) is 0 Å². The third kappa shape index (κ3) is 3.81. The molecule has 2 aromatic carbocycles. The molecule has 0 aromatic heterocycles. The molecule has 0 saturated heterocycles. The molecule has 3 aliphatic rings. The highest BCUT2D eigenvalue weighted by molar-refractivity contribution is 5.92. The summed E-state index contributed by atoms with van der Waals surface area (Å²) in [5.74, 6) is 0.981. The van der Waals surface area contributed by atoms with E-state index in [0.717, 1.165) is 50.8 Å². The monoisotopic (exact) mass is 475 g/mol. The zero-order valence-electron chi connectivity index (χ0n) is 20.7. The molecule has 2 aromatic rings. The second kappa shape index (κ2) is 9.50. The molecule has 1 heterocycles. The minimum absolute atomic E-state index is 0.219. The van der Waals surface area contributed by atoms with Crippen LogP contribution in [-0.2, 0) is 15.1 Å². The number of aldehydes is 1. The summed E-state index contributed by atoms with van der Waals surface area (Å²) in [5, 5.41) is 2.08. The van der Waals surface area contributed by atoms with E-state index in [4.69, 9.17) is 15.2 Å². The lowest BCUT2D eigenvalue weighted by atomic mass is 9.72.